The molecule has 1 unspecified atom stereocenters. The largest absolute Gasteiger partial charge is 0.357 e. The first-order valence-electron chi connectivity index (χ1n) is 9.00. The number of nitrogens with one attached hydrogen (secondary N) is 2. The summed E-state index contributed by atoms with van der Waals surface area (Å²) in [6.07, 6.45) is 6.67. The van der Waals surface area contributed by atoms with Crippen LogP contribution in [0.5, 0.6) is 0 Å². The molecule has 0 spiro atoms. The molecule has 0 saturated heterocycles. The molecule has 1 atom stereocenters. The van der Waals surface area contributed by atoms with E-state index < -0.39 is 0 Å². The highest BCUT2D eigenvalue weighted by Gasteiger charge is 2.21. The van der Waals surface area contributed by atoms with Gasteiger partial charge < -0.3 is 10.6 Å². The Balaban J connectivity index is 1.58. The Morgan fingerprint density at radius 2 is 2.28 bits per heavy atom. The van der Waals surface area contributed by atoms with Gasteiger partial charge in [-0.25, -0.2) is 9.67 Å². The number of rotatable bonds is 5. The molecule has 25 heavy (non-hydrogen) atoms. The van der Waals surface area contributed by atoms with Crippen LogP contribution in [-0.4, -0.2) is 44.8 Å². The monoisotopic (exact) mass is 341 g/mol. The molecule has 7 nitrogen and oxygen atoms in total. The van der Waals surface area contributed by atoms with Crippen LogP contribution in [0.3, 0.4) is 0 Å². The van der Waals surface area contributed by atoms with Crippen LogP contribution in [0.2, 0.25) is 0 Å². The zero-order valence-electron chi connectivity index (χ0n) is 15.3. The Bertz CT molecular complexity index is 735. The highest BCUT2D eigenvalue weighted by Crippen LogP contribution is 2.12. The van der Waals surface area contributed by atoms with Crippen molar-refractivity contribution in [3.05, 3.63) is 41.2 Å². The third kappa shape index (κ3) is 4.55. The van der Waals surface area contributed by atoms with Gasteiger partial charge in [0.25, 0.3) is 0 Å². The van der Waals surface area contributed by atoms with Gasteiger partial charge in [-0.2, -0.15) is 5.10 Å². The zero-order chi connectivity index (χ0) is 17.6. The predicted octanol–water partition coefficient (Wildman–Crippen LogP) is 1.40. The smallest absolute Gasteiger partial charge is 0.191 e. The van der Waals surface area contributed by atoms with Gasteiger partial charge in [0, 0.05) is 37.9 Å². The average Bonchev–Trinajstić information content (AvgIpc) is 2.96. The number of aryl methyl sites for hydroxylation is 3. The number of aliphatic imine (C=N–C) groups is 1. The van der Waals surface area contributed by atoms with Crippen LogP contribution in [0.15, 0.2) is 23.5 Å². The van der Waals surface area contributed by atoms with E-state index in [1.165, 1.54) is 11.1 Å². The summed E-state index contributed by atoms with van der Waals surface area (Å²) in [5.74, 6) is 2.81. The molecule has 0 radical (unpaired) electrons. The molecular weight excluding hydrogens is 314 g/mol. The number of fused-ring (bicyclic) bond motifs is 1. The van der Waals surface area contributed by atoms with Crippen molar-refractivity contribution in [2.45, 2.75) is 52.6 Å². The molecule has 2 N–H and O–H groups in total. The molecule has 0 amide bonds. The SMILES string of the molecule is CCNC(=NCCc1ccncc1C)NC1CCc2nc(C)nn2C1. The van der Waals surface area contributed by atoms with Crippen molar-refractivity contribution in [3.63, 3.8) is 0 Å². The molecule has 0 bridgehead atoms. The second kappa shape index (κ2) is 8.09. The summed E-state index contributed by atoms with van der Waals surface area (Å²) in [5, 5.41) is 11.4. The van der Waals surface area contributed by atoms with Gasteiger partial charge in [-0.05, 0) is 50.8 Å². The predicted molar refractivity (Wildman–Crippen MR) is 98.7 cm³/mol. The normalized spacial score (nSPS) is 17.2. The van der Waals surface area contributed by atoms with E-state index in [-0.39, 0.29) is 0 Å². The minimum Gasteiger partial charge on any atom is -0.357 e. The maximum absolute atomic E-state index is 4.73. The minimum atomic E-state index is 0.328. The lowest BCUT2D eigenvalue weighted by Crippen LogP contribution is -2.47. The fourth-order valence-electron chi connectivity index (χ4n) is 3.14. The third-order valence-corrected chi connectivity index (χ3v) is 4.44. The van der Waals surface area contributed by atoms with Crippen molar-refractivity contribution in [1.82, 2.24) is 30.4 Å². The Labute approximate surface area is 149 Å². The third-order valence-electron chi connectivity index (χ3n) is 4.44. The molecule has 2 aromatic heterocycles. The summed E-state index contributed by atoms with van der Waals surface area (Å²) in [7, 11) is 0. The van der Waals surface area contributed by atoms with E-state index in [1.807, 2.05) is 24.0 Å². The van der Waals surface area contributed by atoms with Crippen LogP contribution in [0.25, 0.3) is 0 Å². The average molecular weight is 341 g/mol. The maximum Gasteiger partial charge on any atom is 0.191 e. The second-order valence-corrected chi connectivity index (χ2v) is 6.45. The lowest BCUT2D eigenvalue weighted by atomic mass is 10.1. The standard InChI is InChI=1S/C18H27N7/c1-4-20-18(21-10-8-15-7-9-19-11-13(15)2)23-16-5-6-17-22-14(3)24-25(17)12-16/h7,9,11,16H,4-6,8,10,12H2,1-3H3,(H2,20,21,23). The molecule has 3 rings (SSSR count). The van der Waals surface area contributed by atoms with Crippen molar-refractivity contribution < 1.29 is 0 Å². The Morgan fingerprint density at radius 3 is 3.08 bits per heavy atom. The molecule has 7 heteroatoms. The second-order valence-electron chi connectivity index (χ2n) is 6.45. The van der Waals surface area contributed by atoms with Gasteiger partial charge in [0.15, 0.2) is 5.96 Å². The molecule has 1 aliphatic heterocycles. The van der Waals surface area contributed by atoms with Crippen LogP contribution in [0, 0.1) is 13.8 Å². The Hall–Kier alpha value is -2.44. The number of hydrogen-bond donors (Lipinski definition) is 2. The quantitative estimate of drug-likeness (QED) is 0.635. The van der Waals surface area contributed by atoms with Crippen LogP contribution in [0.4, 0.5) is 0 Å². The molecule has 0 fully saturated rings. The molecule has 3 heterocycles. The molecule has 134 valence electrons. The van der Waals surface area contributed by atoms with E-state index >= 15 is 0 Å². The van der Waals surface area contributed by atoms with Crippen molar-refractivity contribution in [2.24, 2.45) is 4.99 Å². The first kappa shape index (κ1) is 17.4. The van der Waals surface area contributed by atoms with Gasteiger partial charge in [0.05, 0.1) is 6.54 Å². The number of nitrogens with zero attached hydrogens (tertiary/aromatic N) is 5. The van der Waals surface area contributed by atoms with Crippen LogP contribution in [-0.2, 0) is 19.4 Å². The highest BCUT2D eigenvalue weighted by atomic mass is 15.4. The first-order valence-corrected chi connectivity index (χ1v) is 9.00. The number of pyridine rings is 1. The molecule has 2 aromatic rings. The van der Waals surface area contributed by atoms with Gasteiger partial charge in [0.1, 0.15) is 11.6 Å². The lowest BCUT2D eigenvalue weighted by Gasteiger charge is -2.25. The summed E-state index contributed by atoms with van der Waals surface area (Å²) >= 11 is 0. The Kier molecular flexibility index (Phi) is 5.63. The molecule has 0 saturated carbocycles. The number of aromatic nitrogens is 4. The van der Waals surface area contributed by atoms with Crippen molar-refractivity contribution in [2.75, 3.05) is 13.1 Å². The zero-order valence-corrected chi connectivity index (χ0v) is 15.3. The van der Waals surface area contributed by atoms with Crippen LogP contribution < -0.4 is 10.6 Å². The summed E-state index contributed by atoms with van der Waals surface area (Å²) in [4.78, 5) is 13.3. The van der Waals surface area contributed by atoms with E-state index in [0.29, 0.717) is 6.04 Å². The van der Waals surface area contributed by atoms with Gasteiger partial charge in [-0.1, -0.05) is 0 Å². The minimum absolute atomic E-state index is 0.328. The van der Waals surface area contributed by atoms with Crippen molar-refractivity contribution in [1.29, 1.82) is 0 Å². The van der Waals surface area contributed by atoms with Crippen molar-refractivity contribution in [3.8, 4) is 0 Å². The molecule has 1 aliphatic rings. The summed E-state index contributed by atoms with van der Waals surface area (Å²) < 4.78 is 2.01. The molecule has 0 aromatic carbocycles. The summed E-state index contributed by atoms with van der Waals surface area (Å²) in [6, 6.07) is 2.40. The van der Waals surface area contributed by atoms with Crippen LogP contribution in [0.1, 0.15) is 36.1 Å². The molecular formula is C18H27N7. The summed E-state index contributed by atoms with van der Waals surface area (Å²) in [6.45, 7) is 8.56. The molecule has 0 aliphatic carbocycles. The maximum atomic E-state index is 4.73. The van der Waals surface area contributed by atoms with E-state index in [1.54, 1.807) is 0 Å². The summed E-state index contributed by atoms with van der Waals surface area (Å²) in [5.41, 5.74) is 2.52. The highest BCUT2D eigenvalue weighted by molar-refractivity contribution is 5.80. The van der Waals surface area contributed by atoms with Gasteiger partial charge in [0.2, 0.25) is 0 Å². The van der Waals surface area contributed by atoms with E-state index in [9.17, 15) is 0 Å². The number of hydrogen-bond acceptors (Lipinski definition) is 4. The van der Waals surface area contributed by atoms with E-state index in [2.05, 4.69) is 45.6 Å². The van der Waals surface area contributed by atoms with Crippen molar-refractivity contribution >= 4 is 5.96 Å². The van der Waals surface area contributed by atoms with E-state index in [0.717, 1.165) is 56.5 Å². The van der Waals surface area contributed by atoms with Gasteiger partial charge in [-0.3, -0.25) is 9.98 Å². The Morgan fingerprint density at radius 1 is 1.40 bits per heavy atom. The van der Waals surface area contributed by atoms with Gasteiger partial charge >= 0.3 is 0 Å². The first-order chi connectivity index (χ1) is 12.2. The fraction of sp³-hybridized carbons (Fsp3) is 0.556. The lowest BCUT2D eigenvalue weighted by molar-refractivity contribution is 0.392. The van der Waals surface area contributed by atoms with Crippen LogP contribution >= 0.6 is 0 Å². The van der Waals surface area contributed by atoms with Gasteiger partial charge in [-0.15, -0.1) is 0 Å². The van der Waals surface area contributed by atoms with E-state index in [4.69, 9.17) is 4.99 Å². The number of guanidine groups is 1. The fourth-order valence-corrected chi connectivity index (χ4v) is 3.14. The topological polar surface area (TPSA) is 80.0 Å².